The number of thioether (sulfide) groups is 1. The fourth-order valence-corrected chi connectivity index (χ4v) is 4.84. The molecule has 1 fully saturated rings. The molecule has 1 saturated heterocycles. The molecule has 1 amide bonds. The van der Waals surface area contributed by atoms with Crippen molar-refractivity contribution in [3.63, 3.8) is 0 Å². The minimum Gasteiger partial charge on any atom is -0.378 e. The van der Waals surface area contributed by atoms with E-state index in [0.717, 1.165) is 22.6 Å². The van der Waals surface area contributed by atoms with Crippen LogP contribution in [0.1, 0.15) is 16.6 Å². The number of para-hydroxylation sites is 1. The number of hydrogen-bond donors (Lipinski definition) is 0. The highest BCUT2D eigenvalue weighted by Gasteiger charge is 2.38. The molecule has 4 rings (SSSR count). The summed E-state index contributed by atoms with van der Waals surface area (Å²) in [6.07, 6.45) is 0. The Morgan fingerprint density at radius 3 is 2.28 bits per heavy atom. The van der Waals surface area contributed by atoms with Crippen molar-refractivity contribution in [2.24, 2.45) is 7.05 Å². The maximum absolute atomic E-state index is 13.4. The van der Waals surface area contributed by atoms with E-state index >= 15 is 0 Å². The number of aromatic nitrogens is 2. The van der Waals surface area contributed by atoms with Crippen molar-refractivity contribution >= 4 is 29.0 Å². The van der Waals surface area contributed by atoms with Gasteiger partial charge >= 0.3 is 0 Å². The van der Waals surface area contributed by atoms with Crippen molar-refractivity contribution in [3.05, 3.63) is 76.2 Å². The summed E-state index contributed by atoms with van der Waals surface area (Å²) in [7, 11) is 5.84. The smallest absolute Gasteiger partial charge is 0.295 e. The molecule has 1 aliphatic rings. The monoisotopic (exact) mass is 408 g/mol. The third-order valence-corrected chi connectivity index (χ3v) is 6.54. The van der Waals surface area contributed by atoms with Gasteiger partial charge in [-0.3, -0.25) is 19.2 Å². The van der Waals surface area contributed by atoms with Crippen molar-refractivity contribution in [2.45, 2.75) is 12.3 Å². The first-order valence-corrected chi connectivity index (χ1v) is 10.5. The Hall–Kier alpha value is -2.93. The summed E-state index contributed by atoms with van der Waals surface area (Å²) in [6, 6.07) is 17.6. The Labute approximate surface area is 174 Å². The van der Waals surface area contributed by atoms with Gasteiger partial charge in [0.2, 0.25) is 5.91 Å². The normalized spacial score (nSPS) is 16.5. The van der Waals surface area contributed by atoms with Crippen molar-refractivity contribution < 1.29 is 4.79 Å². The minimum atomic E-state index is -0.211. The number of anilines is 2. The molecule has 1 aliphatic heterocycles. The van der Waals surface area contributed by atoms with Gasteiger partial charge in [0.15, 0.2) is 0 Å². The fraction of sp³-hybridized carbons (Fsp3) is 0.273. The highest BCUT2D eigenvalue weighted by molar-refractivity contribution is 8.00. The van der Waals surface area contributed by atoms with Crippen LogP contribution in [0.5, 0.6) is 0 Å². The van der Waals surface area contributed by atoms with Crippen LogP contribution >= 0.6 is 11.8 Å². The van der Waals surface area contributed by atoms with Crippen molar-refractivity contribution in [1.29, 1.82) is 0 Å². The largest absolute Gasteiger partial charge is 0.378 e. The van der Waals surface area contributed by atoms with Gasteiger partial charge < -0.3 is 4.90 Å². The zero-order valence-corrected chi connectivity index (χ0v) is 17.8. The summed E-state index contributed by atoms with van der Waals surface area (Å²) >= 11 is 1.55. The summed E-state index contributed by atoms with van der Waals surface area (Å²) in [4.78, 5) is 29.9. The Bertz CT molecular complexity index is 1100. The molecule has 7 heteroatoms. The van der Waals surface area contributed by atoms with Crippen LogP contribution in [0.15, 0.2) is 59.4 Å². The minimum absolute atomic E-state index is 0.0392. The average molecular weight is 409 g/mol. The summed E-state index contributed by atoms with van der Waals surface area (Å²) in [5.74, 6) is 0.321. The maximum Gasteiger partial charge on any atom is 0.295 e. The molecule has 1 aromatic heterocycles. The lowest BCUT2D eigenvalue weighted by Crippen LogP contribution is -2.33. The molecular weight excluding hydrogens is 384 g/mol. The molecule has 0 aliphatic carbocycles. The number of carbonyl (C=O) groups excluding carboxylic acids is 1. The van der Waals surface area contributed by atoms with Gasteiger partial charge in [0.05, 0.1) is 17.1 Å². The fourth-order valence-electron chi connectivity index (χ4n) is 3.68. The van der Waals surface area contributed by atoms with Crippen molar-refractivity contribution in [1.82, 2.24) is 9.36 Å². The Balaban J connectivity index is 1.80. The molecule has 0 N–H and O–H groups in total. The van der Waals surface area contributed by atoms with E-state index in [1.54, 1.807) is 21.3 Å². The van der Waals surface area contributed by atoms with Gasteiger partial charge in [-0.2, -0.15) is 0 Å². The van der Waals surface area contributed by atoms with Gasteiger partial charge in [0.25, 0.3) is 5.56 Å². The lowest BCUT2D eigenvalue weighted by atomic mass is 10.1. The molecular formula is C22H24N4O2S. The van der Waals surface area contributed by atoms with Gasteiger partial charge in [-0.1, -0.05) is 30.3 Å². The van der Waals surface area contributed by atoms with Crippen LogP contribution in [0.25, 0.3) is 5.69 Å². The third-order valence-electron chi connectivity index (χ3n) is 5.33. The second-order valence-electron chi connectivity index (χ2n) is 7.32. The van der Waals surface area contributed by atoms with E-state index in [1.165, 1.54) is 0 Å². The predicted octanol–water partition coefficient (Wildman–Crippen LogP) is 3.33. The summed E-state index contributed by atoms with van der Waals surface area (Å²) < 4.78 is 3.43. The summed E-state index contributed by atoms with van der Waals surface area (Å²) in [5.41, 5.74) is 3.93. The molecule has 3 aromatic rings. The van der Waals surface area contributed by atoms with E-state index < -0.39 is 0 Å². The summed E-state index contributed by atoms with van der Waals surface area (Å²) in [6.45, 7) is 1.89. The number of nitrogens with zero attached hydrogens (tertiary/aromatic N) is 4. The van der Waals surface area contributed by atoms with E-state index in [0.29, 0.717) is 11.4 Å². The molecule has 6 nitrogen and oxygen atoms in total. The van der Waals surface area contributed by atoms with Crippen LogP contribution in [0.3, 0.4) is 0 Å². The van der Waals surface area contributed by atoms with Gasteiger partial charge in [-0.15, -0.1) is 11.8 Å². The van der Waals surface area contributed by atoms with Gasteiger partial charge in [-0.05, 0) is 36.8 Å². The Morgan fingerprint density at radius 2 is 1.66 bits per heavy atom. The molecule has 0 bridgehead atoms. The number of hydrogen-bond acceptors (Lipinski definition) is 4. The lowest BCUT2D eigenvalue weighted by molar-refractivity contribution is -0.115. The van der Waals surface area contributed by atoms with Crippen LogP contribution in [0.4, 0.5) is 11.4 Å². The molecule has 0 radical (unpaired) electrons. The molecule has 2 aromatic carbocycles. The highest BCUT2D eigenvalue weighted by atomic mass is 32.2. The first kappa shape index (κ1) is 19.4. The van der Waals surface area contributed by atoms with Crippen LogP contribution in [-0.2, 0) is 11.8 Å². The maximum atomic E-state index is 13.4. The van der Waals surface area contributed by atoms with Crippen LogP contribution in [-0.4, -0.2) is 35.1 Å². The Kier molecular flexibility index (Phi) is 5.00. The lowest BCUT2D eigenvalue weighted by Gasteiger charge is -2.23. The van der Waals surface area contributed by atoms with E-state index in [-0.39, 0.29) is 16.8 Å². The third kappa shape index (κ3) is 3.25. The molecule has 29 heavy (non-hydrogen) atoms. The van der Waals surface area contributed by atoms with Crippen molar-refractivity contribution in [2.75, 3.05) is 29.6 Å². The first-order valence-electron chi connectivity index (χ1n) is 9.45. The Morgan fingerprint density at radius 1 is 1.00 bits per heavy atom. The van der Waals surface area contributed by atoms with Crippen molar-refractivity contribution in [3.8, 4) is 5.69 Å². The standard InChI is InChI=1S/C22H24N4O2S/c1-15-20(21(28)26(24(15)4)18-8-6-5-7-9-18)25-19(27)14-29-22(25)16-10-12-17(13-11-16)23(2)3/h5-13,22H,14H2,1-4H3. The van der Waals surface area contributed by atoms with Crippen LogP contribution in [0, 0.1) is 6.92 Å². The van der Waals surface area contributed by atoms with Crippen LogP contribution < -0.4 is 15.4 Å². The topological polar surface area (TPSA) is 50.5 Å². The highest BCUT2D eigenvalue weighted by Crippen LogP contribution is 2.42. The quantitative estimate of drug-likeness (QED) is 0.665. The van der Waals surface area contributed by atoms with Gasteiger partial charge in [-0.25, -0.2) is 4.68 Å². The zero-order chi connectivity index (χ0) is 20.7. The number of amides is 1. The van der Waals surface area contributed by atoms with E-state index in [4.69, 9.17) is 0 Å². The second kappa shape index (κ2) is 7.48. The molecule has 1 unspecified atom stereocenters. The number of rotatable bonds is 4. The number of carbonyl (C=O) groups is 1. The molecule has 2 heterocycles. The molecule has 150 valence electrons. The van der Waals surface area contributed by atoms with Gasteiger partial charge in [0.1, 0.15) is 11.1 Å². The summed E-state index contributed by atoms with van der Waals surface area (Å²) in [5, 5.41) is -0.211. The second-order valence-corrected chi connectivity index (χ2v) is 8.39. The van der Waals surface area contributed by atoms with Crippen LogP contribution in [0.2, 0.25) is 0 Å². The molecule has 0 spiro atoms. The van der Waals surface area contributed by atoms with Gasteiger partial charge in [0, 0.05) is 26.8 Å². The van der Waals surface area contributed by atoms with E-state index in [1.807, 2.05) is 92.2 Å². The predicted molar refractivity (Wildman–Crippen MR) is 119 cm³/mol. The zero-order valence-electron chi connectivity index (χ0n) is 17.0. The molecule has 0 saturated carbocycles. The SMILES string of the molecule is Cc1c(N2C(=O)CSC2c2ccc(N(C)C)cc2)c(=O)n(-c2ccccc2)n1C. The van der Waals surface area contributed by atoms with E-state index in [9.17, 15) is 9.59 Å². The first-order chi connectivity index (χ1) is 13.9. The number of benzene rings is 2. The average Bonchev–Trinajstić information content (AvgIpc) is 3.19. The van der Waals surface area contributed by atoms with E-state index in [2.05, 4.69) is 0 Å². The molecule has 1 atom stereocenters.